The molecular formula is C29H27ClN2O5S. The highest BCUT2D eigenvalue weighted by Gasteiger charge is 2.51. The van der Waals surface area contributed by atoms with Gasteiger partial charge in [-0.15, -0.1) is 0 Å². The van der Waals surface area contributed by atoms with Crippen molar-refractivity contribution >= 4 is 27.6 Å². The van der Waals surface area contributed by atoms with Gasteiger partial charge >= 0.3 is 5.97 Å². The van der Waals surface area contributed by atoms with Crippen molar-refractivity contribution in [2.45, 2.75) is 36.9 Å². The predicted octanol–water partition coefficient (Wildman–Crippen LogP) is 5.83. The van der Waals surface area contributed by atoms with E-state index in [4.69, 9.17) is 16.1 Å². The molecule has 0 saturated heterocycles. The van der Waals surface area contributed by atoms with Crippen LogP contribution in [0.25, 0.3) is 22.5 Å². The largest absolute Gasteiger partial charge is 0.481 e. The third-order valence-corrected chi connectivity index (χ3v) is 8.67. The standard InChI is InChI=1S/C29H27ClN2O5S/c30-26-6-2-1-4-22(26)5-3-17-32-38(35,36)19-24-18-31-37-27(24)23-9-7-20(8-10-23)21-11-13-25(14-12-21)29(15-16-29)28(33)34/h1-2,4,6-14,18,32H,3,5,15-17,19H2,(H,33,34). The zero-order valence-electron chi connectivity index (χ0n) is 20.6. The normalized spacial score (nSPS) is 14.3. The maximum Gasteiger partial charge on any atom is 0.314 e. The molecule has 0 unspecified atom stereocenters. The summed E-state index contributed by atoms with van der Waals surface area (Å²) in [5.41, 5.74) is 4.20. The smallest absolute Gasteiger partial charge is 0.314 e. The van der Waals surface area contributed by atoms with E-state index in [1.54, 1.807) is 0 Å². The van der Waals surface area contributed by atoms with Crippen LogP contribution in [0.15, 0.2) is 83.5 Å². The van der Waals surface area contributed by atoms with Gasteiger partial charge < -0.3 is 9.63 Å². The molecule has 1 aliphatic carbocycles. The number of carboxylic acid groups (broad SMARTS) is 1. The maximum absolute atomic E-state index is 12.7. The Morgan fingerprint density at radius 3 is 2.21 bits per heavy atom. The number of benzene rings is 3. The molecule has 5 rings (SSSR count). The molecule has 38 heavy (non-hydrogen) atoms. The lowest BCUT2D eigenvalue weighted by Crippen LogP contribution is -2.26. The molecule has 2 N–H and O–H groups in total. The van der Waals surface area contributed by atoms with E-state index in [0.29, 0.717) is 48.6 Å². The van der Waals surface area contributed by atoms with Crippen LogP contribution in [0.5, 0.6) is 0 Å². The van der Waals surface area contributed by atoms with E-state index in [9.17, 15) is 18.3 Å². The van der Waals surface area contributed by atoms with Crippen LogP contribution < -0.4 is 4.72 Å². The minimum Gasteiger partial charge on any atom is -0.481 e. The van der Waals surface area contributed by atoms with Gasteiger partial charge in [-0.1, -0.05) is 83.5 Å². The van der Waals surface area contributed by atoms with Gasteiger partial charge in [0.15, 0.2) is 5.76 Å². The average molecular weight is 551 g/mol. The minimum absolute atomic E-state index is 0.244. The van der Waals surface area contributed by atoms with Crippen LogP contribution in [-0.2, 0) is 32.4 Å². The molecule has 1 aliphatic rings. The van der Waals surface area contributed by atoms with Crippen LogP contribution in [0, 0.1) is 0 Å². The van der Waals surface area contributed by atoms with Gasteiger partial charge in [-0.2, -0.15) is 0 Å². The number of hydrogen-bond donors (Lipinski definition) is 2. The molecule has 0 spiro atoms. The molecule has 1 aromatic heterocycles. The number of sulfonamides is 1. The molecule has 0 atom stereocenters. The highest BCUT2D eigenvalue weighted by molar-refractivity contribution is 7.88. The summed E-state index contributed by atoms with van der Waals surface area (Å²) in [7, 11) is -3.59. The first kappa shape index (κ1) is 26.2. The van der Waals surface area contributed by atoms with Gasteiger partial charge in [0.2, 0.25) is 10.0 Å². The molecule has 1 fully saturated rings. The van der Waals surface area contributed by atoms with E-state index in [1.165, 1.54) is 6.20 Å². The maximum atomic E-state index is 12.7. The Balaban J connectivity index is 1.21. The van der Waals surface area contributed by atoms with Gasteiger partial charge in [-0.3, -0.25) is 4.79 Å². The molecule has 0 amide bonds. The zero-order chi connectivity index (χ0) is 26.8. The number of rotatable bonds is 11. The van der Waals surface area contributed by atoms with Gasteiger partial charge in [-0.25, -0.2) is 13.1 Å². The van der Waals surface area contributed by atoms with Crippen LogP contribution >= 0.6 is 11.6 Å². The second kappa shape index (κ2) is 10.7. The van der Waals surface area contributed by atoms with Crippen LogP contribution in [0.3, 0.4) is 0 Å². The van der Waals surface area contributed by atoms with Crippen LogP contribution in [0.4, 0.5) is 0 Å². The number of aryl methyl sites for hydroxylation is 1. The van der Waals surface area contributed by atoms with Gasteiger partial charge in [0.1, 0.15) is 0 Å². The van der Waals surface area contributed by atoms with E-state index >= 15 is 0 Å². The Hall–Kier alpha value is -3.46. The monoisotopic (exact) mass is 550 g/mol. The molecule has 0 bridgehead atoms. The molecule has 0 aliphatic heterocycles. The summed E-state index contributed by atoms with van der Waals surface area (Å²) >= 11 is 6.17. The van der Waals surface area contributed by atoms with Gasteiger partial charge in [0.05, 0.1) is 17.4 Å². The summed E-state index contributed by atoms with van der Waals surface area (Å²) < 4.78 is 33.5. The Morgan fingerprint density at radius 1 is 0.947 bits per heavy atom. The molecule has 7 nitrogen and oxygen atoms in total. The quantitative estimate of drug-likeness (QED) is 0.227. The number of carbonyl (C=O) groups is 1. The van der Waals surface area contributed by atoms with E-state index in [2.05, 4.69) is 9.88 Å². The van der Waals surface area contributed by atoms with Crippen molar-refractivity contribution in [3.05, 3.63) is 101 Å². The fourth-order valence-electron chi connectivity index (χ4n) is 4.61. The summed E-state index contributed by atoms with van der Waals surface area (Å²) in [5, 5.41) is 14.0. The summed E-state index contributed by atoms with van der Waals surface area (Å²) in [6.07, 6.45) is 4.07. The van der Waals surface area contributed by atoms with Crippen molar-refractivity contribution in [1.82, 2.24) is 9.88 Å². The highest BCUT2D eigenvalue weighted by Crippen LogP contribution is 2.48. The van der Waals surface area contributed by atoms with Crippen molar-refractivity contribution in [2.75, 3.05) is 6.54 Å². The van der Waals surface area contributed by atoms with E-state index in [0.717, 1.165) is 27.8 Å². The first-order valence-electron chi connectivity index (χ1n) is 12.4. The van der Waals surface area contributed by atoms with Crippen LogP contribution in [-0.4, -0.2) is 31.2 Å². The Bertz CT molecular complexity index is 1540. The Morgan fingerprint density at radius 2 is 1.58 bits per heavy atom. The fourth-order valence-corrected chi connectivity index (χ4v) is 6.01. The fraction of sp³-hybridized carbons (Fsp3) is 0.241. The minimum atomic E-state index is -3.59. The van der Waals surface area contributed by atoms with Gasteiger partial charge in [0, 0.05) is 22.7 Å². The molecule has 1 saturated carbocycles. The molecule has 3 aromatic carbocycles. The Kier molecular flexibility index (Phi) is 7.38. The topological polar surface area (TPSA) is 110 Å². The molecule has 4 aromatic rings. The predicted molar refractivity (Wildman–Crippen MR) is 146 cm³/mol. The third kappa shape index (κ3) is 5.67. The van der Waals surface area contributed by atoms with Crippen LogP contribution in [0.2, 0.25) is 5.02 Å². The van der Waals surface area contributed by atoms with E-state index in [1.807, 2.05) is 72.8 Å². The Labute approximate surface area is 226 Å². The lowest BCUT2D eigenvalue weighted by Gasteiger charge is -2.11. The van der Waals surface area contributed by atoms with Crippen molar-refractivity contribution in [1.29, 1.82) is 0 Å². The number of aromatic nitrogens is 1. The SMILES string of the molecule is O=C(O)C1(c2ccc(-c3ccc(-c4oncc4CS(=O)(=O)NCCCc4ccccc4Cl)cc3)cc2)CC1. The van der Waals surface area contributed by atoms with Crippen molar-refractivity contribution < 1.29 is 22.8 Å². The summed E-state index contributed by atoms with van der Waals surface area (Å²) in [6, 6.07) is 22.7. The molecular weight excluding hydrogens is 524 g/mol. The number of aliphatic carboxylic acids is 1. The lowest BCUT2D eigenvalue weighted by atomic mass is 9.93. The van der Waals surface area contributed by atoms with E-state index < -0.39 is 21.4 Å². The second-order valence-electron chi connectivity index (χ2n) is 9.57. The molecule has 1 heterocycles. The number of nitrogens with one attached hydrogen (secondary N) is 1. The van der Waals surface area contributed by atoms with Crippen molar-refractivity contribution in [3.63, 3.8) is 0 Å². The number of nitrogens with zero attached hydrogens (tertiary/aromatic N) is 1. The summed E-state index contributed by atoms with van der Waals surface area (Å²) in [5.74, 6) is -0.607. The summed E-state index contributed by atoms with van der Waals surface area (Å²) in [4.78, 5) is 11.6. The van der Waals surface area contributed by atoms with Crippen LogP contribution in [0.1, 0.15) is 36.0 Å². The average Bonchev–Trinajstić information content (AvgIpc) is 3.61. The molecule has 0 radical (unpaired) electrons. The first-order valence-corrected chi connectivity index (χ1v) is 14.4. The lowest BCUT2D eigenvalue weighted by molar-refractivity contribution is -0.140. The number of halogens is 1. The second-order valence-corrected chi connectivity index (χ2v) is 11.8. The molecule has 196 valence electrons. The van der Waals surface area contributed by atoms with E-state index in [-0.39, 0.29) is 5.75 Å². The van der Waals surface area contributed by atoms with Crippen molar-refractivity contribution in [3.8, 4) is 22.5 Å². The number of hydrogen-bond acceptors (Lipinski definition) is 5. The zero-order valence-corrected chi connectivity index (χ0v) is 22.1. The molecule has 9 heteroatoms. The number of carboxylic acids is 1. The van der Waals surface area contributed by atoms with Gasteiger partial charge in [-0.05, 0) is 54.0 Å². The first-order chi connectivity index (χ1) is 18.3. The summed E-state index contributed by atoms with van der Waals surface area (Å²) in [6.45, 7) is 0.301. The third-order valence-electron chi connectivity index (χ3n) is 6.97. The van der Waals surface area contributed by atoms with Crippen molar-refractivity contribution in [2.24, 2.45) is 0 Å². The van der Waals surface area contributed by atoms with Gasteiger partial charge in [0.25, 0.3) is 0 Å². The highest BCUT2D eigenvalue weighted by atomic mass is 35.5.